The molecule has 0 aliphatic carbocycles. The molecule has 84 valence electrons. The second-order valence-electron chi connectivity index (χ2n) is 4.49. The summed E-state index contributed by atoms with van der Waals surface area (Å²) >= 11 is 0. The standard InChI is InChI=1S/C13H17N3/c1-8(2)13-6-11(5-9(3)15-13)12-7-14-16-10(12)4/h5-8H,1-4H3,(H,14,16). The Labute approximate surface area is 95.9 Å². The fourth-order valence-electron chi connectivity index (χ4n) is 1.79. The van der Waals surface area contributed by atoms with Crippen LogP contribution in [0, 0.1) is 13.8 Å². The van der Waals surface area contributed by atoms with E-state index in [9.17, 15) is 0 Å². The first-order valence-electron chi connectivity index (χ1n) is 5.57. The molecule has 0 amide bonds. The summed E-state index contributed by atoms with van der Waals surface area (Å²) in [5.74, 6) is 0.450. The lowest BCUT2D eigenvalue weighted by atomic mass is 10.0. The second kappa shape index (κ2) is 4.08. The van der Waals surface area contributed by atoms with Crippen LogP contribution in [-0.4, -0.2) is 15.2 Å². The first-order chi connectivity index (χ1) is 7.58. The minimum absolute atomic E-state index is 0.450. The molecule has 1 N–H and O–H groups in total. The molecule has 2 rings (SSSR count). The van der Waals surface area contributed by atoms with E-state index >= 15 is 0 Å². The summed E-state index contributed by atoms with van der Waals surface area (Å²) in [7, 11) is 0. The minimum Gasteiger partial charge on any atom is -0.282 e. The molecule has 0 unspecified atom stereocenters. The summed E-state index contributed by atoms with van der Waals surface area (Å²) < 4.78 is 0. The van der Waals surface area contributed by atoms with E-state index in [1.165, 1.54) is 5.56 Å². The van der Waals surface area contributed by atoms with Crippen LogP contribution in [0.4, 0.5) is 0 Å². The maximum atomic E-state index is 4.54. The maximum Gasteiger partial charge on any atom is 0.0568 e. The molecule has 0 aliphatic rings. The highest BCUT2D eigenvalue weighted by atomic mass is 15.1. The van der Waals surface area contributed by atoms with Gasteiger partial charge in [0.25, 0.3) is 0 Å². The molecule has 0 saturated heterocycles. The highest BCUT2D eigenvalue weighted by molar-refractivity contribution is 5.65. The summed E-state index contributed by atoms with van der Waals surface area (Å²) in [5, 5.41) is 7.02. The van der Waals surface area contributed by atoms with Crippen LogP contribution in [-0.2, 0) is 0 Å². The molecule has 0 bridgehead atoms. The molecule has 0 aromatic carbocycles. The molecule has 2 aromatic rings. The van der Waals surface area contributed by atoms with Gasteiger partial charge in [0.15, 0.2) is 0 Å². The molecule has 2 heterocycles. The monoisotopic (exact) mass is 215 g/mol. The lowest BCUT2D eigenvalue weighted by molar-refractivity contribution is 0.816. The van der Waals surface area contributed by atoms with Crippen LogP contribution in [0.2, 0.25) is 0 Å². The van der Waals surface area contributed by atoms with Gasteiger partial charge in [-0.3, -0.25) is 10.1 Å². The van der Waals surface area contributed by atoms with Crippen molar-refractivity contribution in [2.24, 2.45) is 0 Å². The zero-order chi connectivity index (χ0) is 11.7. The number of hydrogen-bond donors (Lipinski definition) is 1. The zero-order valence-corrected chi connectivity index (χ0v) is 10.2. The van der Waals surface area contributed by atoms with Gasteiger partial charge in [-0.15, -0.1) is 0 Å². The normalized spacial score (nSPS) is 11.1. The highest BCUT2D eigenvalue weighted by Crippen LogP contribution is 2.25. The van der Waals surface area contributed by atoms with Crippen LogP contribution >= 0.6 is 0 Å². The van der Waals surface area contributed by atoms with Gasteiger partial charge in [0.05, 0.1) is 6.20 Å². The lowest BCUT2D eigenvalue weighted by Gasteiger charge is -2.08. The van der Waals surface area contributed by atoms with E-state index in [0.29, 0.717) is 5.92 Å². The third-order valence-electron chi connectivity index (χ3n) is 2.71. The topological polar surface area (TPSA) is 41.6 Å². The number of pyridine rings is 1. The Balaban J connectivity index is 2.54. The highest BCUT2D eigenvalue weighted by Gasteiger charge is 2.08. The van der Waals surface area contributed by atoms with E-state index in [2.05, 4.69) is 41.2 Å². The molecule has 2 aromatic heterocycles. The Morgan fingerprint density at radius 3 is 2.50 bits per heavy atom. The number of aromatic amines is 1. The number of aromatic nitrogens is 3. The molecule has 3 heteroatoms. The van der Waals surface area contributed by atoms with Gasteiger partial charge >= 0.3 is 0 Å². The third kappa shape index (κ3) is 1.98. The lowest BCUT2D eigenvalue weighted by Crippen LogP contribution is -1.95. The molecule has 3 nitrogen and oxygen atoms in total. The predicted molar refractivity (Wildman–Crippen MR) is 65.4 cm³/mol. The quantitative estimate of drug-likeness (QED) is 0.835. The Bertz CT molecular complexity index is 498. The van der Waals surface area contributed by atoms with Gasteiger partial charge in [0.1, 0.15) is 0 Å². The van der Waals surface area contributed by atoms with Gasteiger partial charge in [-0.25, -0.2) is 0 Å². The largest absolute Gasteiger partial charge is 0.282 e. The van der Waals surface area contributed by atoms with Crippen molar-refractivity contribution < 1.29 is 0 Å². The van der Waals surface area contributed by atoms with Gasteiger partial charge in [-0.2, -0.15) is 5.10 Å². The number of H-pyrrole nitrogens is 1. The van der Waals surface area contributed by atoms with E-state index in [-0.39, 0.29) is 0 Å². The molecule has 0 spiro atoms. The van der Waals surface area contributed by atoms with Crippen LogP contribution in [0.1, 0.15) is 36.8 Å². The Hall–Kier alpha value is -1.64. The number of rotatable bonds is 2. The number of hydrogen-bond acceptors (Lipinski definition) is 2. The maximum absolute atomic E-state index is 4.54. The van der Waals surface area contributed by atoms with E-state index < -0.39 is 0 Å². The minimum atomic E-state index is 0.450. The van der Waals surface area contributed by atoms with Crippen molar-refractivity contribution in [3.05, 3.63) is 35.4 Å². The second-order valence-corrected chi connectivity index (χ2v) is 4.49. The molecular formula is C13H17N3. The van der Waals surface area contributed by atoms with Gasteiger partial charge in [0.2, 0.25) is 0 Å². The summed E-state index contributed by atoms with van der Waals surface area (Å²) in [4.78, 5) is 4.54. The summed E-state index contributed by atoms with van der Waals surface area (Å²) in [6.45, 7) is 8.39. The molecular weight excluding hydrogens is 198 g/mol. The number of nitrogens with zero attached hydrogens (tertiary/aromatic N) is 2. The van der Waals surface area contributed by atoms with Crippen molar-refractivity contribution in [1.29, 1.82) is 0 Å². The Kier molecular flexibility index (Phi) is 2.77. The van der Waals surface area contributed by atoms with Crippen LogP contribution in [0.25, 0.3) is 11.1 Å². The molecule has 0 fully saturated rings. The van der Waals surface area contributed by atoms with E-state index in [4.69, 9.17) is 0 Å². The van der Waals surface area contributed by atoms with Crippen molar-refractivity contribution in [2.75, 3.05) is 0 Å². The average Bonchev–Trinajstić information content (AvgIpc) is 2.63. The summed E-state index contributed by atoms with van der Waals surface area (Å²) in [6.07, 6.45) is 1.87. The van der Waals surface area contributed by atoms with E-state index in [0.717, 1.165) is 22.6 Å². The molecule has 16 heavy (non-hydrogen) atoms. The number of nitrogens with one attached hydrogen (secondary N) is 1. The van der Waals surface area contributed by atoms with Crippen LogP contribution in [0.15, 0.2) is 18.3 Å². The molecule has 0 radical (unpaired) electrons. The van der Waals surface area contributed by atoms with Crippen LogP contribution in [0.5, 0.6) is 0 Å². The van der Waals surface area contributed by atoms with Gasteiger partial charge in [-0.1, -0.05) is 13.8 Å². The zero-order valence-electron chi connectivity index (χ0n) is 10.2. The van der Waals surface area contributed by atoms with Crippen molar-refractivity contribution >= 4 is 0 Å². The van der Waals surface area contributed by atoms with Crippen molar-refractivity contribution in [2.45, 2.75) is 33.6 Å². The van der Waals surface area contributed by atoms with Crippen molar-refractivity contribution in [3.8, 4) is 11.1 Å². The van der Waals surface area contributed by atoms with Crippen molar-refractivity contribution in [3.63, 3.8) is 0 Å². The fraction of sp³-hybridized carbons (Fsp3) is 0.385. The third-order valence-corrected chi connectivity index (χ3v) is 2.71. The fourth-order valence-corrected chi connectivity index (χ4v) is 1.79. The smallest absolute Gasteiger partial charge is 0.0568 e. The molecule has 0 saturated carbocycles. The first kappa shape index (κ1) is 10.9. The predicted octanol–water partition coefficient (Wildman–Crippen LogP) is 3.21. The first-order valence-corrected chi connectivity index (χ1v) is 5.57. The van der Waals surface area contributed by atoms with E-state index in [1.807, 2.05) is 20.0 Å². The van der Waals surface area contributed by atoms with Gasteiger partial charge < -0.3 is 0 Å². The SMILES string of the molecule is Cc1cc(-c2cn[nH]c2C)cc(C(C)C)n1. The van der Waals surface area contributed by atoms with Gasteiger partial charge in [0, 0.05) is 22.6 Å². The Morgan fingerprint density at radius 2 is 1.94 bits per heavy atom. The molecule has 0 aliphatic heterocycles. The average molecular weight is 215 g/mol. The van der Waals surface area contributed by atoms with Crippen LogP contribution in [0.3, 0.4) is 0 Å². The van der Waals surface area contributed by atoms with Crippen molar-refractivity contribution in [1.82, 2.24) is 15.2 Å². The Morgan fingerprint density at radius 1 is 1.19 bits per heavy atom. The summed E-state index contributed by atoms with van der Waals surface area (Å²) in [5.41, 5.74) is 5.65. The van der Waals surface area contributed by atoms with Crippen LogP contribution < -0.4 is 0 Å². The number of aryl methyl sites for hydroxylation is 2. The summed E-state index contributed by atoms with van der Waals surface area (Å²) in [6, 6.07) is 4.25. The van der Waals surface area contributed by atoms with E-state index in [1.54, 1.807) is 0 Å². The van der Waals surface area contributed by atoms with Gasteiger partial charge in [-0.05, 0) is 37.5 Å². The molecule has 0 atom stereocenters.